The molecule has 12 heavy (non-hydrogen) atoms. The van der Waals surface area contributed by atoms with Crippen LogP contribution in [0.25, 0.3) is 0 Å². The number of nitrogens with one attached hydrogen (secondary N) is 1. The van der Waals surface area contributed by atoms with Crippen LogP contribution in [0.3, 0.4) is 0 Å². The first-order chi connectivity index (χ1) is 5.77. The molecule has 3 nitrogen and oxygen atoms in total. The van der Waals surface area contributed by atoms with Gasteiger partial charge in [0.2, 0.25) is 0 Å². The van der Waals surface area contributed by atoms with Crippen molar-refractivity contribution in [1.29, 1.82) is 0 Å². The summed E-state index contributed by atoms with van der Waals surface area (Å²) in [5.74, 6) is 0.590. The predicted octanol–water partition coefficient (Wildman–Crippen LogP) is 0.398. The molecule has 0 amide bonds. The molecule has 2 fully saturated rings. The van der Waals surface area contributed by atoms with Gasteiger partial charge in [0.1, 0.15) is 0 Å². The normalized spacial score (nSPS) is 40.8. The molecule has 70 valence electrons. The van der Waals surface area contributed by atoms with Crippen LogP contribution < -0.4 is 5.32 Å². The molecule has 0 bridgehead atoms. The molecule has 3 atom stereocenters. The highest BCUT2D eigenvalue weighted by molar-refractivity contribution is 4.92. The lowest BCUT2D eigenvalue weighted by molar-refractivity contribution is -0.0134. The minimum Gasteiger partial charge on any atom is -0.374 e. The Hall–Kier alpha value is -0.120. The van der Waals surface area contributed by atoms with E-state index in [0.717, 1.165) is 19.7 Å². The second-order valence-corrected chi connectivity index (χ2v) is 3.92. The van der Waals surface area contributed by atoms with Crippen LogP contribution in [0.1, 0.15) is 13.8 Å². The van der Waals surface area contributed by atoms with Crippen LogP contribution in [-0.4, -0.2) is 38.0 Å². The fraction of sp³-hybridized carbons (Fsp3) is 1.00. The molecule has 0 spiro atoms. The summed E-state index contributed by atoms with van der Waals surface area (Å²) in [4.78, 5) is 0. The molecule has 2 aliphatic rings. The molecule has 3 unspecified atom stereocenters. The number of ether oxygens (including phenoxy) is 2. The average Bonchev–Trinajstić information content (AvgIpc) is 2.52. The molecule has 2 rings (SSSR count). The third-order valence-electron chi connectivity index (χ3n) is 2.60. The molecule has 0 radical (unpaired) electrons. The van der Waals surface area contributed by atoms with Crippen molar-refractivity contribution in [2.75, 3.05) is 19.7 Å². The van der Waals surface area contributed by atoms with Crippen LogP contribution in [0.5, 0.6) is 0 Å². The number of rotatable bonds is 2. The van der Waals surface area contributed by atoms with Gasteiger partial charge in [0.25, 0.3) is 0 Å². The molecule has 2 saturated heterocycles. The molecule has 0 aromatic heterocycles. The van der Waals surface area contributed by atoms with Gasteiger partial charge in [0, 0.05) is 19.0 Å². The van der Waals surface area contributed by atoms with Gasteiger partial charge < -0.3 is 14.8 Å². The number of hydrogen-bond donors (Lipinski definition) is 1. The SMILES string of the molecule is CC(C)OC1COC2CNCC21. The van der Waals surface area contributed by atoms with E-state index in [-0.39, 0.29) is 0 Å². The fourth-order valence-electron chi connectivity index (χ4n) is 2.06. The predicted molar refractivity (Wildman–Crippen MR) is 46.1 cm³/mol. The summed E-state index contributed by atoms with van der Waals surface area (Å²) >= 11 is 0. The first kappa shape index (κ1) is 8.48. The highest BCUT2D eigenvalue weighted by atomic mass is 16.6. The van der Waals surface area contributed by atoms with E-state index in [1.165, 1.54) is 0 Å². The zero-order valence-corrected chi connectivity index (χ0v) is 7.75. The zero-order chi connectivity index (χ0) is 8.55. The van der Waals surface area contributed by atoms with E-state index in [4.69, 9.17) is 9.47 Å². The molecule has 0 aliphatic carbocycles. The van der Waals surface area contributed by atoms with Crippen LogP contribution in [0, 0.1) is 5.92 Å². The van der Waals surface area contributed by atoms with Gasteiger partial charge in [0.15, 0.2) is 0 Å². The maximum Gasteiger partial charge on any atom is 0.0877 e. The Balaban J connectivity index is 1.91. The highest BCUT2D eigenvalue weighted by Crippen LogP contribution is 2.27. The summed E-state index contributed by atoms with van der Waals surface area (Å²) in [7, 11) is 0. The van der Waals surface area contributed by atoms with Crippen LogP contribution >= 0.6 is 0 Å². The molecular weight excluding hydrogens is 154 g/mol. The van der Waals surface area contributed by atoms with E-state index in [1.807, 2.05) is 0 Å². The van der Waals surface area contributed by atoms with Crippen LogP contribution in [0.2, 0.25) is 0 Å². The minimum atomic E-state index is 0.318. The third kappa shape index (κ3) is 1.49. The van der Waals surface area contributed by atoms with Gasteiger partial charge in [-0.15, -0.1) is 0 Å². The standard InChI is InChI=1S/C9H17NO2/c1-6(2)12-9-5-11-8-4-10-3-7(8)9/h6-10H,3-5H2,1-2H3. The van der Waals surface area contributed by atoms with Crippen molar-refractivity contribution in [3.05, 3.63) is 0 Å². The van der Waals surface area contributed by atoms with Crippen molar-refractivity contribution in [2.45, 2.75) is 32.2 Å². The second kappa shape index (κ2) is 3.32. The van der Waals surface area contributed by atoms with Gasteiger partial charge in [-0.2, -0.15) is 0 Å². The van der Waals surface area contributed by atoms with Crippen LogP contribution in [0.4, 0.5) is 0 Å². The fourth-order valence-corrected chi connectivity index (χ4v) is 2.06. The van der Waals surface area contributed by atoms with Gasteiger partial charge in [-0.1, -0.05) is 0 Å². The quantitative estimate of drug-likeness (QED) is 0.652. The van der Waals surface area contributed by atoms with E-state index in [0.29, 0.717) is 24.2 Å². The largest absolute Gasteiger partial charge is 0.374 e. The Kier molecular flexibility index (Phi) is 2.35. The topological polar surface area (TPSA) is 30.5 Å². The third-order valence-corrected chi connectivity index (χ3v) is 2.60. The van der Waals surface area contributed by atoms with Crippen molar-refractivity contribution in [3.8, 4) is 0 Å². The summed E-state index contributed by atoms with van der Waals surface area (Å²) in [5.41, 5.74) is 0. The van der Waals surface area contributed by atoms with E-state index in [9.17, 15) is 0 Å². The Morgan fingerprint density at radius 2 is 2.25 bits per heavy atom. The Labute approximate surface area is 73.4 Å². The lowest BCUT2D eigenvalue weighted by Gasteiger charge is -2.18. The van der Waals surface area contributed by atoms with E-state index in [1.54, 1.807) is 0 Å². The summed E-state index contributed by atoms with van der Waals surface area (Å²) in [6, 6.07) is 0. The Morgan fingerprint density at radius 1 is 1.42 bits per heavy atom. The average molecular weight is 171 g/mol. The molecule has 2 heterocycles. The van der Waals surface area contributed by atoms with E-state index >= 15 is 0 Å². The first-order valence-electron chi connectivity index (χ1n) is 4.75. The maximum atomic E-state index is 5.76. The smallest absolute Gasteiger partial charge is 0.0877 e. The van der Waals surface area contributed by atoms with Crippen LogP contribution in [-0.2, 0) is 9.47 Å². The maximum absolute atomic E-state index is 5.76. The van der Waals surface area contributed by atoms with Gasteiger partial charge >= 0.3 is 0 Å². The molecule has 0 saturated carbocycles. The number of hydrogen-bond acceptors (Lipinski definition) is 3. The zero-order valence-electron chi connectivity index (χ0n) is 7.75. The van der Waals surface area contributed by atoms with E-state index < -0.39 is 0 Å². The monoisotopic (exact) mass is 171 g/mol. The molecule has 2 aliphatic heterocycles. The summed E-state index contributed by atoms with van der Waals surface area (Å²) in [6.45, 7) is 7.01. The van der Waals surface area contributed by atoms with E-state index in [2.05, 4.69) is 19.2 Å². The van der Waals surface area contributed by atoms with Gasteiger partial charge in [-0.3, -0.25) is 0 Å². The number of fused-ring (bicyclic) bond motifs is 1. The van der Waals surface area contributed by atoms with Crippen molar-refractivity contribution in [1.82, 2.24) is 5.32 Å². The van der Waals surface area contributed by atoms with Crippen molar-refractivity contribution in [3.63, 3.8) is 0 Å². The lowest BCUT2D eigenvalue weighted by Crippen LogP contribution is -2.29. The summed E-state index contributed by atoms with van der Waals surface area (Å²) in [5, 5.41) is 3.32. The van der Waals surface area contributed by atoms with Crippen LogP contribution in [0.15, 0.2) is 0 Å². The Morgan fingerprint density at radius 3 is 3.00 bits per heavy atom. The highest BCUT2D eigenvalue weighted by Gasteiger charge is 2.41. The molecule has 1 N–H and O–H groups in total. The van der Waals surface area contributed by atoms with Crippen molar-refractivity contribution >= 4 is 0 Å². The Bertz CT molecular complexity index is 161. The minimum absolute atomic E-state index is 0.318. The second-order valence-electron chi connectivity index (χ2n) is 3.92. The summed E-state index contributed by atoms with van der Waals surface area (Å²) in [6.07, 6.45) is 1.05. The molecule has 0 aromatic carbocycles. The molecular formula is C9H17NO2. The van der Waals surface area contributed by atoms with Gasteiger partial charge in [-0.25, -0.2) is 0 Å². The molecule has 0 aromatic rings. The van der Waals surface area contributed by atoms with Gasteiger partial charge in [0.05, 0.1) is 24.9 Å². The summed E-state index contributed by atoms with van der Waals surface area (Å²) < 4.78 is 11.4. The first-order valence-corrected chi connectivity index (χ1v) is 4.75. The lowest BCUT2D eigenvalue weighted by atomic mass is 10.0. The van der Waals surface area contributed by atoms with Crippen molar-refractivity contribution in [2.24, 2.45) is 5.92 Å². The molecule has 3 heteroatoms. The van der Waals surface area contributed by atoms with Gasteiger partial charge in [-0.05, 0) is 13.8 Å². The van der Waals surface area contributed by atoms with Crippen molar-refractivity contribution < 1.29 is 9.47 Å².